The van der Waals surface area contributed by atoms with Crippen LogP contribution in [0.15, 0.2) is 36.4 Å². The molecule has 0 unspecified atom stereocenters. The van der Waals surface area contributed by atoms with Crippen LogP contribution in [0, 0.1) is 0 Å². The van der Waals surface area contributed by atoms with Gasteiger partial charge in [0.05, 0.1) is 5.69 Å². The summed E-state index contributed by atoms with van der Waals surface area (Å²) in [6.07, 6.45) is 5.48. The van der Waals surface area contributed by atoms with Gasteiger partial charge in [-0.05, 0) is 25.0 Å². The van der Waals surface area contributed by atoms with Crippen LogP contribution in [0.5, 0.6) is 0 Å². The predicted molar refractivity (Wildman–Crippen MR) is 86.4 cm³/mol. The topological polar surface area (TPSA) is 90.0 Å². The highest BCUT2D eigenvalue weighted by atomic mass is 16.2. The van der Waals surface area contributed by atoms with Crippen LogP contribution < -0.4 is 11.1 Å². The van der Waals surface area contributed by atoms with E-state index >= 15 is 0 Å². The summed E-state index contributed by atoms with van der Waals surface area (Å²) in [6.45, 7) is 0. The van der Waals surface area contributed by atoms with Crippen molar-refractivity contribution in [3.8, 4) is 5.69 Å². The SMILES string of the molecule is NC(=O)c1cc(C(=O)NC2CCCCC2)nn1-c1ccccc1. The fourth-order valence-electron chi connectivity index (χ4n) is 2.94. The summed E-state index contributed by atoms with van der Waals surface area (Å²) in [7, 11) is 0. The van der Waals surface area contributed by atoms with Crippen LogP contribution in [0.4, 0.5) is 0 Å². The molecule has 0 saturated heterocycles. The first-order chi connectivity index (χ1) is 11.1. The van der Waals surface area contributed by atoms with Crippen LogP contribution in [-0.2, 0) is 0 Å². The van der Waals surface area contributed by atoms with Crippen molar-refractivity contribution in [3.05, 3.63) is 47.8 Å². The minimum Gasteiger partial charge on any atom is -0.364 e. The fraction of sp³-hybridized carbons (Fsp3) is 0.353. The molecule has 1 saturated carbocycles. The summed E-state index contributed by atoms with van der Waals surface area (Å²) in [5, 5.41) is 7.27. The van der Waals surface area contributed by atoms with Crippen LogP contribution in [0.3, 0.4) is 0 Å². The smallest absolute Gasteiger partial charge is 0.272 e. The van der Waals surface area contributed by atoms with Gasteiger partial charge < -0.3 is 11.1 Å². The molecular formula is C17H20N4O2. The molecule has 2 aromatic rings. The van der Waals surface area contributed by atoms with Crippen LogP contribution >= 0.6 is 0 Å². The van der Waals surface area contributed by atoms with Crippen LogP contribution in [0.25, 0.3) is 5.69 Å². The first-order valence-electron chi connectivity index (χ1n) is 7.91. The minimum atomic E-state index is -0.613. The summed E-state index contributed by atoms with van der Waals surface area (Å²) in [6, 6.07) is 10.8. The number of nitrogens with zero attached hydrogens (tertiary/aromatic N) is 2. The summed E-state index contributed by atoms with van der Waals surface area (Å²) < 4.78 is 1.41. The number of carbonyl (C=O) groups is 2. The van der Waals surface area contributed by atoms with Crippen molar-refractivity contribution >= 4 is 11.8 Å². The Kier molecular flexibility index (Phi) is 4.41. The first kappa shape index (κ1) is 15.3. The average Bonchev–Trinajstić information content (AvgIpc) is 3.02. The fourth-order valence-corrected chi connectivity index (χ4v) is 2.94. The van der Waals surface area contributed by atoms with Gasteiger partial charge in [-0.1, -0.05) is 37.5 Å². The third kappa shape index (κ3) is 3.41. The lowest BCUT2D eigenvalue weighted by Gasteiger charge is -2.22. The van der Waals surface area contributed by atoms with Crippen molar-refractivity contribution in [1.82, 2.24) is 15.1 Å². The molecular weight excluding hydrogens is 292 g/mol. The lowest BCUT2D eigenvalue weighted by atomic mass is 9.95. The van der Waals surface area contributed by atoms with Crippen molar-refractivity contribution in [2.24, 2.45) is 5.73 Å². The molecule has 6 nitrogen and oxygen atoms in total. The van der Waals surface area contributed by atoms with Crippen molar-refractivity contribution in [2.75, 3.05) is 0 Å². The van der Waals surface area contributed by atoms with Crippen LogP contribution in [-0.4, -0.2) is 27.6 Å². The standard InChI is InChI=1S/C17H20N4O2/c18-16(22)15-11-14(17(23)19-12-7-3-1-4-8-12)20-21(15)13-9-5-2-6-10-13/h2,5-6,9-12H,1,3-4,7-8H2,(H2,18,22)(H,19,23). The highest BCUT2D eigenvalue weighted by Crippen LogP contribution is 2.18. The van der Waals surface area contributed by atoms with E-state index in [2.05, 4.69) is 10.4 Å². The van der Waals surface area contributed by atoms with Gasteiger partial charge in [0.25, 0.3) is 11.8 Å². The molecule has 0 radical (unpaired) electrons. The Morgan fingerprint density at radius 2 is 1.83 bits per heavy atom. The van der Waals surface area contributed by atoms with Gasteiger partial charge in [-0.3, -0.25) is 9.59 Å². The molecule has 0 atom stereocenters. The van der Waals surface area contributed by atoms with E-state index in [1.165, 1.54) is 17.2 Å². The second-order valence-corrected chi connectivity index (χ2v) is 5.83. The van der Waals surface area contributed by atoms with Crippen molar-refractivity contribution in [1.29, 1.82) is 0 Å². The number of rotatable bonds is 4. The Morgan fingerprint density at radius 1 is 1.13 bits per heavy atom. The molecule has 1 aliphatic rings. The van der Waals surface area contributed by atoms with E-state index < -0.39 is 5.91 Å². The average molecular weight is 312 g/mol. The third-order valence-corrected chi connectivity index (χ3v) is 4.14. The number of benzene rings is 1. The van der Waals surface area contributed by atoms with E-state index in [1.807, 2.05) is 30.3 Å². The van der Waals surface area contributed by atoms with Crippen LogP contribution in [0.2, 0.25) is 0 Å². The predicted octanol–water partition coefficient (Wildman–Crippen LogP) is 2.03. The number of hydrogen-bond acceptors (Lipinski definition) is 3. The molecule has 2 amide bonds. The molecule has 0 aliphatic heterocycles. The Morgan fingerprint density at radius 3 is 2.48 bits per heavy atom. The van der Waals surface area contributed by atoms with Gasteiger partial charge in [-0.2, -0.15) is 5.10 Å². The molecule has 23 heavy (non-hydrogen) atoms. The van der Waals surface area contributed by atoms with Gasteiger partial charge in [0.15, 0.2) is 5.69 Å². The van der Waals surface area contributed by atoms with Gasteiger partial charge in [0, 0.05) is 12.1 Å². The Bertz CT molecular complexity index is 703. The number of aromatic nitrogens is 2. The Hall–Kier alpha value is -2.63. The van der Waals surface area contributed by atoms with Crippen molar-refractivity contribution in [3.63, 3.8) is 0 Å². The molecule has 1 aliphatic carbocycles. The summed E-state index contributed by atoms with van der Waals surface area (Å²) in [5.41, 5.74) is 6.53. The molecule has 1 aromatic carbocycles. The van der Waals surface area contributed by atoms with Gasteiger partial charge in [0.1, 0.15) is 5.69 Å². The van der Waals surface area contributed by atoms with Gasteiger partial charge in [-0.15, -0.1) is 0 Å². The molecule has 120 valence electrons. The number of carbonyl (C=O) groups excluding carboxylic acids is 2. The zero-order valence-corrected chi connectivity index (χ0v) is 12.9. The lowest BCUT2D eigenvalue weighted by molar-refractivity contribution is 0.0921. The van der Waals surface area contributed by atoms with Gasteiger partial charge in [0.2, 0.25) is 0 Å². The van der Waals surface area contributed by atoms with Crippen molar-refractivity contribution in [2.45, 2.75) is 38.1 Å². The van der Waals surface area contributed by atoms with E-state index in [4.69, 9.17) is 5.73 Å². The molecule has 1 fully saturated rings. The van der Waals surface area contributed by atoms with E-state index in [-0.39, 0.29) is 23.3 Å². The largest absolute Gasteiger partial charge is 0.364 e. The zero-order chi connectivity index (χ0) is 16.2. The monoisotopic (exact) mass is 312 g/mol. The maximum absolute atomic E-state index is 12.4. The maximum atomic E-state index is 12.4. The number of hydrogen-bond donors (Lipinski definition) is 2. The third-order valence-electron chi connectivity index (χ3n) is 4.14. The highest BCUT2D eigenvalue weighted by Gasteiger charge is 2.21. The van der Waals surface area contributed by atoms with Gasteiger partial charge >= 0.3 is 0 Å². The van der Waals surface area contributed by atoms with E-state index in [0.717, 1.165) is 25.7 Å². The lowest BCUT2D eigenvalue weighted by Crippen LogP contribution is -2.36. The number of para-hydroxylation sites is 1. The van der Waals surface area contributed by atoms with E-state index in [0.29, 0.717) is 5.69 Å². The van der Waals surface area contributed by atoms with Crippen LogP contribution in [0.1, 0.15) is 53.1 Å². The van der Waals surface area contributed by atoms with E-state index in [9.17, 15) is 9.59 Å². The maximum Gasteiger partial charge on any atom is 0.272 e. The Balaban J connectivity index is 1.85. The Labute approximate surface area is 134 Å². The highest BCUT2D eigenvalue weighted by molar-refractivity contribution is 5.97. The second kappa shape index (κ2) is 6.64. The zero-order valence-electron chi connectivity index (χ0n) is 12.9. The molecule has 0 bridgehead atoms. The molecule has 1 heterocycles. The van der Waals surface area contributed by atoms with Gasteiger partial charge in [-0.25, -0.2) is 4.68 Å². The first-order valence-corrected chi connectivity index (χ1v) is 7.91. The number of nitrogens with one attached hydrogen (secondary N) is 1. The molecule has 3 rings (SSSR count). The summed E-state index contributed by atoms with van der Waals surface area (Å²) >= 11 is 0. The van der Waals surface area contributed by atoms with Crippen molar-refractivity contribution < 1.29 is 9.59 Å². The second-order valence-electron chi connectivity index (χ2n) is 5.83. The number of primary amides is 1. The number of nitrogens with two attached hydrogens (primary N) is 1. The summed E-state index contributed by atoms with van der Waals surface area (Å²) in [5.74, 6) is -0.868. The summed E-state index contributed by atoms with van der Waals surface area (Å²) in [4.78, 5) is 24.0. The quantitative estimate of drug-likeness (QED) is 0.905. The normalized spacial score (nSPS) is 15.3. The molecule has 6 heteroatoms. The minimum absolute atomic E-state index is 0.190. The van der Waals surface area contributed by atoms with E-state index in [1.54, 1.807) is 0 Å². The molecule has 3 N–H and O–H groups in total. The molecule has 1 aromatic heterocycles. The molecule has 0 spiro atoms. The number of amides is 2.